The van der Waals surface area contributed by atoms with Crippen LogP contribution < -0.4 is 0 Å². The Morgan fingerprint density at radius 1 is 1.33 bits per heavy atom. The highest BCUT2D eigenvalue weighted by Gasteiger charge is 2.17. The van der Waals surface area contributed by atoms with Gasteiger partial charge in [0.15, 0.2) is 0 Å². The van der Waals surface area contributed by atoms with Crippen molar-refractivity contribution in [3.8, 4) is 0 Å². The molecule has 0 amide bonds. The van der Waals surface area contributed by atoms with Crippen LogP contribution in [0.3, 0.4) is 0 Å². The molecule has 0 spiro atoms. The summed E-state index contributed by atoms with van der Waals surface area (Å²) in [7, 11) is 0. The Morgan fingerprint density at radius 2 is 2.00 bits per heavy atom. The lowest BCUT2D eigenvalue weighted by atomic mass is 9.93. The molecule has 0 aromatic carbocycles. The van der Waals surface area contributed by atoms with Crippen molar-refractivity contribution in [3.05, 3.63) is 12.2 Å². The van der Waals surface area contributed by atoms with Crippen molar-refractivity contribution >= 4 is 0 Å². The fourth-order valence-corrected chi connectivity index (χ4v) is 1.41. The average Bonchev–Trinajstić information content (AvgIpc) is 2.14. The van der Waals surface area contributed by atoms with E-state index in [0.29, 0.717) is 0 Å². The number of rotatable bonds is 1. The monoisotopic (exact) mass is 124 g/mol. The molecule has 0 heterocycles. The van der Waals surface area contributed by atoms with Crippen LogP contribution in [0.1, 0.15) is 27.2 Å². The molecule has 0 saturated heterocycles. The maximum Gasteiger partial charge on any atom is -0.0205 e. The van der Waals surface area contributed by atoms with E-state index in [0.717, 1.165) is 17.8 Å². The minimum Gasteiger partial charge on any atom is -0.0854 e. The molecule has 1 rings (SSSR count). The van der Waals surface area contributed by atoms with Crippen LogP contribution in [0.25, 0.3) is 0 Å². The third-order valence-corrected chi connectivity index (χ3v) is 2.19. The minimum absolute atomic E-state index is 0.831. The SMILES string of the molecule is CC(C)[C@H]1C=C[C@@H](C)C1. The van der Waals surface area contributed by atoms with Crippen LogP contribution in [0.2, 0.25) is 0 Å². The molecule has 0 heteroatoms. The second kappa shape index (κ2) is 2.55. The Bertz CT molecular complexity index is 111. The minimum atomic E-state index is 0.831. The highest BCUT2D eigenvalue weighted by atomic mass is 14.2. The molecule has 0 unspecified atom stereocenters. The Hall–Kier alpha value is -0.260. The van der Waals surface area contributed by atoms with Gasteiger partial charge in [-0.3, -0.25) is 0 Å². The van der Waals surface area contributed by atoms with E-state index in [-0.39, 0.29) is 0 Å². The largest absolute Gasteiger partial charge is 0.0854 e. The molecule has 0 bridgehead atoms. The van der Waals surface area contributed by atoms with Crippen LogP contribution in [0.5, 0.6) is 0 Å². The highest BCUT2D eigenvalue weighted by molar-refractivity contribution is 5.01. The van der Waals surface area contributed by atoms with E-state index in [1.165, 1.54) is 6.42 Å². The molecule has 0 fully saturated rings. The van der Waals surface area contributed by atoms with E-state index >= 15 is 0 Å². The standard InChI is InChI=1S/C9H16/c1-7(2)9-5-4-8(3)6-9/h4-5,7-9H,6H2,1-3H3/t8-,9+/m1/s1. The summed E-state index contributed by atoms with van der Waals surface area (Å²) < 4.78 is 0. The van der Waals surface area contributed by atoms with Gasteiger partial charge >= 0.3 is 0 Å². The van der Waals surface area contributed by atoms with Gasteiger partial charge in [-0.25, -0.2) is 0 Å². The van der Waals surface area contributed by atoms with Gasteiger partial charge in [-0.1, -0.05) is 32.9 Å². The first kappa shape index (κ1) is 6.85. The van der Waals surface area contributed by atoms with Crippen molar-refractivity contribution in [1.29, 1.82) is 0 Å². The molecule has 0 nitrogen and oxygen atoms in total. The quantitative estimate of drug-likeness (QED) is 0.471. The van der Waals surface area contributed by atoms with Gasteiger partial charge in [0.1, 0.15) is 0 Å². The van der Waals surface area contributed by atoms with Crippen molar-refractivity contribution < 1.29 is 0 Å². The summed E-state index contributed by atoms with van der Waals surface area (Å²) in [4.78, 5) is 0. The summed E-state index contributed by atoms with van der Waals surface area (Å²) in [6, 6.07) is 0. The molecule has 0 aliphatic heterocycles. The third kappa shape index (κ3) is 1.57. The van der Waals surface area contributed by atoms with Gasteiger partial charge in [0.25, 0.3) is 0 Å². The third-order valence-electron chi connectivity index (χ3n) is 2.19. The van der Waals surface area contributed by atoms with E-state index in [9.17, 15) is 0 Å². The topological polar surface area (TPSA) is 0 Å². The molecule has 0 saturated carbocycles. The van der Waals surface area contributed by atoms with Crippen LogP contribution >= 0.6 is 0 Å². The van der Waals surface area contributed by atoms with Crippen molar-refractivity contribution in [3.63, 3.8) is 0 Å². The summed E-state index contributed by atoms with van der Waals surface area (Å²) in [6.45, 7) is 6.89. The van der Waals surface area contributed by atoms with E-state index in [1.54, 1.807) is 0 Å². The molecular formula is C9H16. The molecular weight excluding hydrogens is 108 g/mol. The van der Waals surface area contributed by atoms with Crippen molar-refractivity contribution in [2.24, 2.45) is 17.8 Å². The summed E-state index contributed by atoms with van der Waals surface area (Å²) in [5, 5.41) is 0. The van der Waals surface area contributed by atoms with Crippen LogP contribution in [0.4, 0.5) is 0 Å². The predicted octanol–water partition coefficient (Wildman–Crippen LogP) is 2.85. The second-order valence-electron chi connectivity index (χ2n) is 3.51. The molecule has 0 aromatic rings. The van der Waals surface area contributed by atoms with E-state index in [1.807, 2.05) is 0 Å². The number of allylic oxidation sites excluding steroid dienone is 2. The van der Waals surface area contributed by atoms with Crippen LogP contribution in [0, 0.1) is 17.8 Å². The summed E-state index contributed by atoms with van der Waals surface area (Å²) in [6.07, 6.45) is 6.08. The first-order valence-corrected chi connectivity index (χ1v) is 3.88. The van der Waals surface area contributed by atoms with Gasteiger partial charge in [0, 0.05) is 0 Å². The molecule has 0 radical (unpaired) electrons. The van der Waals surface area contributed by atoms with Crippen LogP contribution in [0.15, 0.2) is 12.2 Å². The highest BCUT2D eigenvalue weighted by Crippen LogP contribution is 2.28. The predicted molar refractivity (Wildman–Crippen MR) is 41.2 cm³/mol. The van der Waals surface area contributed by atoms with E-state index < -0.39 is 0 Å². The lowest BCUT2D eigenvalue weighted by Crippen LogP contribution is -2.02. The zero-order valence-corrected chi connectivity index (χ0v) is 6.59. The van der Waals surface area contributed by atoms with E-state index in [2.05, 4.69) is 32.9 Å². The Balaban J connectivity index is 2.41. The zero-order chi connectivity index (χ0) is 6.85. The first-order valence-electron chi connectivity index (χ1n) is 3.88. The first-order chi connectivity index (χ1) is 4.20. The van der Waals surface area contributed by atoms with Crippen molar-refractivity contribution in [1.82, 2.24) is 0 Å². The molecule has 52 valence electrons. The Kier molecular flexibility index (Phi) is 1.94. The van der Waals surface area contributed by atoms with Gasteiger partial charge < -0.3 is 0 Å². The fourth-order valence-electron chi connectivity index (χ4n) is 1.41. The maximum atomic E-state index is 2.37. The summed E-state index contributed by atoms with van der Waals surface area (Å²) in [5.41, 5.74) is 0. The Labute approximate surface area is 58.0 Å². The summed E-state index contributed by atoms with van der Waals surface area (Å²) >= 11 is 0. The van der Waals surface area contributed by atoms with Gasteiger partial charge in [0.2, 0.25) is 0 Å². The van der Waals surface area contributed by atoms with Crippen LogP contribution in [-0.4, -0.2) is 0 Å². The second-order valence-corrected chi connectivity index (χ2v) is 3.51. The van der Waals surface area contributed by atoms with E-state index in [4.69, 9.17) is 0 Å². The lowest BCUT2D eigenvalue weighted by Gasteiger charge is -2.12. The van der Waals surface area contributed by atoms with Gasteiger partial charge in [-0.15, -0.1) is 0 Å². The number of hydrogen-bond donors (Lipinski definition) is 0. The average molecular weight is 124 g/mol. The molecule has 1 aliphatic rings. The normalized spacial score (nSPS) is 34.2. The van der Waals surface area contributed by atoms with Crippen LogP contribution in [-0.2, 0) is 0 Å². The van der Waals surface area contributed by atoms with Crippen molar-refractivity contribution in [2.45, 2.75) is 27.2 Å². The molecule has 2 atom stereocenters. The van der Waals surface area contributed by atoms with Gasteiger partial charge in [-0.05, 0) is 24.2 Å². The Morgan fingerprint density at radius 3 is 2.22 bits per heavy atom. The van der Waals surface area contributed by atoms with Gasteiger partial charge in [-0.2, -0.15) is 0 Å². The van der Waals surface area contributed by atoms with Crippen molar-refractivity contribution in [2.75, 3.05) is 0 Å². The maximum absolute atomic E-state index is 2.37. The molecule has 0 aromatic heterocycles. The smallest absolute Gasteiger partial charge is 0.0205 e. The fraction of sp³-hybridized carbons (Fsp3) is 0.778. The molecule has 0 N–H and O–H groups in total. The van der Waals surface area contributed by atoms with Gasteiger partial charge in [0.05, 0.1) is 0 Å². The molecule has 1 aliphatic carbocycles. The zero-order valence-electron chi connectivity index (χ0n) is 6.59. The lowest BCUT2D eigenvalue weighted by molar-refractivity contribution is 0.425. The number of hydrogen-bond acceptors (Lipinski definition) is 0. The summed E-state index contributed by atoms with van der Waals surface area (Å²) in [5.74, 6) is 2.53. The molecule has 9 heavy (non-hydrogen) atoms.